The molecule has 2 N–H and O–H groups in total. The highest BCUT2D eigenvalue weighted by Gasteiger charge is 2.21. The van der Waals surface area contributed by atoms with Crippen molar-refractivity contribution in [2.45, 2.75) is 65.6 Å². The van der Waals surface area contributed by atoms with E-state index in [1.807, 2.05) is 44.9 Å². The average molecular weight is 373 g/mol. The molecule has 27 heavy (non-hydrogen) atoms. The fraction of sp³-hybridized carbons (Fsp3) is 0.435. The summed E-state index contributed by atoms with van der Waals surface area (Å²) < 4.78 is 6.03. The Balaban J connectivity index is 0.00000176. The summed E-state index contributed by atoms with van der Waals surface area (Å²) in [6.07, 6.45) is 15.0. The molecule has 148 valence electrons. The van der Waals surface area contributed by atoms with Gasteiger partial charge in [-0.25, -0.2) is 0 Å². The Labute approximate surface area is 162 Å². The van der Waals surface area contributed by atoms with Crippen molar-refractivity contribution in [2.24, 2.45) is 0 Å². The Morgan fingerprint density at radius 1 is 1.22 bits per heavy atom. The van der Waals surface area contributed by atoms with Gasteiger partial charge in [0.2, 0.25) is 0 Å². The van der Waals surface area contributed by atoms with Crippen LogP contribution in [0.15, 0.2) is 36.4 Å². The van der Waals surface area contributed by atoms with E-state index in [0.29, 0.717) is 16.9 Å². The molecule has 0 aromatic heterocycles. The number of aliphatic hydroxyl groups excluding tert-OH is 1. The zero-order valence-corrected chi connectivity index (χ0v) is 16.7. The minimum absolute atomic E-state index is 0.00935. The highest BCUT2D eigenvalue weighted by molar-refractivity contribution is 5.83. The van der Waals surface area contributed by atoms with E-state index in [4.69, 9.17) is 9.53 Å². The Bertz CT molecular complexity index is 684. The molecule has 0 bridgehead atoms. The van der Waals surface area contributed by atoms with Gasteiger partial charge in [0.1, 0.15) is 18.3 Å². The fourth-order valence-corrected chi connectivity index (χ4v) is 3.09. The summed E-state index contributed by atoms with van der Waals surface area (Å²) >= 11 is 0. The predicted octanol–water partition coefficient (Wildman–Crippen LogP) is 5.12. The number of aromatic hydroxyl groups is 1. The van der Waals surface area contributed by atoms with Gasteiger partial charge in [-0.3, -0.25) is 0 Å². The summed E-state index contributed by atoms with van der Waals surface area (Å²) in [5.41, 5.74) is 3.20. The van der Waals surface area contributed by atoms with Crippen LogP contribution in [-0.4, -0.2) is 23.1 Å². The maximum Gasteiger partial charge on any atom is 0.132 e. The largest absolute Gasteiger partial charge is 0.507 e. The van der Waals surface area contributed by atoms with Crippen LogP contribution in [0.2, 0.25) is 0 Å². The number of unbranched alkanes of at least 4 members (excludes halogenated alkanes) is 2. The van der Waals surface area contributed by atoms with Crippen molar-refractivity contribution in [1.29, 1.82) is 0 Å². The van der Waals surface area contributed by atoms with E-state index in [1.165, 1.54) is 0 Å². The lowest BCUT2D eigenvalue weighted by Gasteiger charge is -2.21. The number of aliphatic hydroxyl groups is 1. The lowest BCUT2D eigenvalue weighted by Crippen LogP contribution is -2.09. The van der Waals surface area contributed by atoms with Gasteiger partial charge in [0.05, 0.1) is 18.3 Å². The molecule has 2 rings (SSSR count). The van der Waals surface area contributed by atoms with Gasteiger partial charge in [-0.15, -0.1) is 0 Å². The van der Waals surface area contributed by atoms with Gasteiger partial charge in [-0.05, 0) is 50.3 Å². The van der Waals surface area contributed by atoms with E-state index in [2.05, 4.69) is 19.1 Å². The summed E-state index contributed by atoms with van der Waals surface area (Å²) in [5.74, 6) is 0.832. The molecule has 4 heteroatoms. The number of phenols is 1. The molecule has 1 aromatic rings. The molecular formula is C23H32O4. The number of rotatable bonds is 8. The van der Waals surface area contributed by atoms with Crippen LogP contribution in [0.5, 0.6) is 11.5 Å². The van der Waals surface area contributed by atoms with Gasteiger partial charge in [-0.1, -0.05) is 50.1 Å². The lowest BCUT2D eigenvalue weighted by atomic mass is 9.93. The predicted molar refractivity (Wildman–Crippen MR) is 111 cm³/mol. The number of hydrogen-bond acceptors (Lipinski definition) is 4. The summed E-state index contributed by atoms with van der Waals surface area (Å²) in [6, 6.07) is 2.00. The molecule has 0 amide bonds. The smallest absolute Gasteiger partial charge is 0.132 e. The topological polar surface area (TPSA) is 66.8 Å². The zero-order chi connectivity index (χ0) is 20.2. The van der Waals surface area contributed by atoms with E-state index in [0.717, 1.165) is 43.2 Å². The second-order valence-electron chi connectivity index (χ2n) is 6.70. The maximum absolute atomic E-state index is 10.9. The van der Waals surface area contributed by atoms with Crippen LogP contribution in [0.3, 0.4) is 0 Å². The summed E-state index contributed by atoms with van der Waals surface area (Å²) in [5, 5.41) is 20.8. The van der Waals surface area contributed by atoms with Gasteiger partial charge in [0, 0.05) is 5.56 Å². The Kier molecular flexibility index (Phi) is 10.2. The van der Waals surface area contributed by atoms with Gasteiger partial charge >= 0.3 is 0 Å². The molecule has 0 saturated heterocycles. The van der Waals surface area contributed by atoms with Crippen molar-refractivity contribution in [3.8, 4) is 11.5 Å². The molecule has 0 radical (unpaired) electrons. The molecule has 0 aliphatic heterocycles. The monoisotopic (exact) mass is 372 g/mol. The Hall–Kier alpha value is -2.33. The molecule has 1 aromatic carbocycles. The minimum Gasteiger partial charge on any atom is -0.507 e. The van der Waals surface area contributed by atoms with Crippen molar-refractivity contribution in [2.75, 3.05) is 0 Å². The molecule has 1 aliphatic rings. The van der Waals surface area contributed by atoms with Crippen molar-refractivity contribution in [1.82, 2.24) is 0 Å². The number of benzene rings is 1. The second-order valence-corrected chi connectivity index (χ2v) is 6.70. The second kappa shape index (κ2) is 12.1. The van der Waals surface area contributed by atoms with Crippen LogP contribution in [0.1, 0.15) is 63.1 Å². The van der Waals surface area contributed by atoms with Gasteiger partial charge in [-0.2, -0.15) is 0 Å². The number of allylic oxidation sites excluding steroid dienone is 6. The third-order valence-electron chi connectivity index (χ3n) is 4.32. The minimum atomic E-state index is -0.169. The maximum atomic E-state index is 10.9. The third kappa shape index (κ3) is 6.40. The first-order chi connectivity index (χ1) is 13.1. The normalized spacial score (nSPS) is 13.0. The Morgan fingerprint density at radius 3 is 2.59 bits per heavy atom. The van der Waals surface area contributed by atoms with E-state index >= 15 is 0 Å². The first-order valence-electron chi connectivity index (χ1n) is 9.56. The van der Waals surface area contributed by atoms with Crippen molar-refractivity contribution in [3.63, 3.8) is 0 Å². The fourth-order valence-electron chi connectivity index (χ4n) is 3.09. The molecule has 0 atom stereocenters. The average Bonchev–Trinajstić information content (AvgIpc) is 2.92. The van der Waals surface area contributed by atoms with Gasteiger partial charge in [0.15, 0.2) is 0 Å². The van der Waals surface area contributed by atoms with Crippen molar-refractivity contribution < 1.29 is 19.7 Å². The van der Waals surface area contributed by atoms with E-state index in [-0.39, 0.29) is 18.5 Å². The lowest BCUT2D eigenvalue weighted by molar-refractivity contribution is -0.0979. The highest BCUT2D eigenvalue weighted by Crippen LogP contribution is 2.41. The molecule has 0 spiro atoms. The highest BCUT2D eigenvalue weighted by atomic mass is 16.5. The van der Waals surface area contributed by atoms with Crippen LogP contribution in [0.4, 0.5) is 0 Å². The molecule has 1 aliphatic carbocycles. The Morgan fingerprint density at radius 2 is 1.96 bits per heavy atom. The van der Waals surface area contributed by atoms with Crippen LogP contribution >= 0.6 is 0 Å². The van der Waals surface area contributed by atoms with Gasteiger partial charge < -0.3 is 19.7 Å². The van der Waals surface area contributed by atoms with Crippen molar-refractivity contribution in [3.05, 3.63) is 53.1 Å². The number of ether oxygens (including phenoxy) is 1. The third-order valence-corrected chi connectivity index (χ3v) is 4.32. The first-order valence-corrected chi connectivity index (χ1v) is 9.56. The van der Waals surface area contributed by atoms with Crippen LogP contribution in [0.25, 0.3) is 5.57 Å². The zero-order valence-electron chi connectivity index (χ0n) is 16.7. The SMILES string of the molecule is C=O.CCCCCc1cc(OC(C)C)c(C2=CCC=CC=C2)c(O)c1CO. The first kappa shape index (κ1) is 22.7. The molecular weight excluding hydrogens is 340 g/mol. The summed E-state index contributed by atoms with van der Waals surface area (Å²) in [4.78, 5) is 8.00. The van der Waals surface area contributed by atoms with Crippen LogP contribution in [-0.2, 0) is 17.8 Å². The van der Waals surface area contributed by atoms with Crippen molar-refractivity contribution >= 4 is 12.4 Å². The van der Waals surface area contributed by atoms with Crippen LogP contribution in [0, 0.1) is 0 Å². The number of carbonyl (C=O) groups excluding carboxylic acids is 1. The number of aryl methyl sites for hydroxylation is 1. The van der Waals surface area contributed by atoms with E-state index in [1.54, 1.807) is 0 Å². The molecule has 0 heterocycles. The van der Waals surface area contributed by atoms with Gasteiger partial charge in [0.25, 0.3) is 0 Å². The molecule has 4 nitrogen and oxygen atoms in total. The quantitative estimate of drug-likeness (QED) is 0.622. The van der Waals surface area contributed by atoms with E-state index in [9.17, 15) is 10.2 Å². The molecule has 0 saturated carbocycles. The van der Waals surface area contributed by atoms with E-state index < -0.39 is 0 Å². The summed E-state index contributed by atoms with van der Waals surface area (Å²) in [6.45, 7) is 7.96. The van der Waals surface area contributed by atoms with Crippen LogP contribution < -0.4 is 4.74 Å². The number of carbonyl (C=O) groups is 1. The molecule has 0 unspecified atom stereocenters. The standard InChI is InChI=1S/C22H30O3.CH2O/c1-4-5-8-13-18-14-20(25-16(2)3)21(22(24)19(18)15-23)17-11-9-6-7-10-12-17;1-2/h6-7,9,11-12,14,16,23-24H,4-5,8,10,13,15H2,1-3H3;1H2. The summed E-state index contributed by atoms with van der Waals surface area (Å²) in [7, 11) is 0. The molecule has 0 fully saturated rings. The number of hydrogen-bond donors (Lipinski definition) is 2.